The molecule has 112 valence electrons. The molecule has 0 amide bonds. The van der Waals surface area contributed by atoms with Crippen LogP contribution in [0.4, 0.5) is 14.6 Å². The highest BCUT2D eigenvalue weighted by molar-refractivity contribution is 14.0. The SMILES string of the molecule is I.NC(=NCC1CCC(F)(F)CC1)Nc1ccccn1. The summed E-state index contributed by atoms with van der Waals surface area (Å²) >= 11 is 0. The lowest BCUT2D eigenvalue weighted by atomic mass is 9.87. The first-order valence-electron chi connectivity index (χ1n) is 6.41. The molecule has 1 aromatic rings. The number of pyridine rings is 1. The Labute approximate surface area is 134 Å². The number of hydrogen-bond acceptors (Lipinski definition) is 2. The van der Waals surface area contributed by atoms with Gasteiger partial charge in [-0.25, -0.2) is 13.8 Å². The van der Waals surface area contributed by atoms with Crippen LogP contribution in [0.3, 0.4) is 0 Å². The molecule has 0 aliphatic heterocycles. The second-order valence-electron chi connectivity index (χ2n) is 4.87. The lowest BCUT2D eigenvalue weighted by molar-refractivity contribution is -0.0446. The molecule has 1 aliphatic carbocycles. The molecule has 4 nitrogen and oxygen atoms in total. The molecule has 0 bridgehead atoms. The van der Waals surface area contributed by atoms with Crippen LogP contribution in [0.2, 0.25) is 0 Å². The maximum Gasteiger partial charge on any atom is 0.248 e. The van der Waals surface area contributed by atoms with E-state index in [9.17, 15) is 8.78 Å². The van der Waals surface area contributed by atoms with Gasteiger partial charge in [-0.1, -0.05) is 6.07 Å². The Balaban J connectivity index is 0.00000200. The Morgan fingerprint density at radius 1 is 1.40 bits per heavy atom. The van der Waals surface area contributed by atoms with Crippen molar-refractivity contribution in [2.75, 3.05) is 11.9 Å². The Morgan fingerprint density at radius 3 is 2.70 bits per heavy atom. The first kappa shape index (κ1) is 17.1. The molecule has 0 spiro atoms. The van der Waals surface area contributed by atoms with Crippen LogP contribution in [0.15, 0.2) is 29.4 Å². The molecule has 1 fully saturated rings. The largest absolute Gasteiger partial charge is 0.370 e. The van der Waals surface area contributed by atoms with E-state index in [0.29, 0.717) is 25.2 Å². The van der Waals surface area contributed by atoms with E-state index in [1.807, 2.05) is 6.07 Å². The van der Waals surface area contributed by atoms with E-state index in [2.05, 4.69) is 15.3 Å². The molecule has 1 heterocycles. The molecule has 7 heteroatoms. The van der Waals surface area contributed by atoms with Crippen molar-refractivity contribution in [3.8, 4) is 0 Å². The zero-order valence-corrected chi connectivity index (χ0v) is 13.4. The van der Waals surface area contributed by atoms with Gasteiger partial charge >= 0.3 is 0 Å². The molecule has 0 atom stereocenters. The third-order valence-electron chi connectivity index (χ3n) is 3.28. The van der Waals surface area contributed by atoms with Gasteiger partial charge in [0.15, 0.2) is 5.96 Å². The predicted octanol–water partition coefficient (Wildman–Crippen LogP) is 3.25. The molecule has 20 heavy (non-hydrogen) atoms. The van der Waals surface area contributed by atoms with Crippen LogP contribution in [0, 0.1) is 5.92 Å². The molecule has 3 N–H and O–H groups in total. The van der Waals surface area contributed by atoms with Crippen LogP contribution in [-0.2, 0) is 0 Å². The minimum absolute atomic E-state index is 0. The first-order valence-corrected chi connectivity index (χ1v) is 6.41. The van der Waals surface area contributed by atoms with E-state index in [4.69, 9.17) is 5.73 Å². The fraction of sp³-hybridized carbons (Fsp3) is 0.538. The summed E-state index contributed by atoms with van der Waals surface area (Å²) in [6.07, 6.45) is 2.58. The quantitative estimate of drug-likeness (QED) is 0.469. The summed E-state index contributed by atoms with van der Waals surface area (Å²) < 4.78 is 26.0. The van der Waals surface area contributed by atoms with Crippen LogP contribution in [0.5, 0.6) is 0 Å². The molecule has 0 aromatic carbocycles. The first-order chi connectivity index (χ1) is 9.05. The van der Waals surface area contributed by atoms with Crippen molar-refractivity contribution in [1.29, 1.82) is 0 Å². The third kappa shape index (κ3) is 5.56. The summed E-state index contributed by atoms with van der Waals surface area (Å²) in [7, 11) is 0. The number of rotatable bonds is 3. The Bertz CT molecular complexity index is 429. The standard InChI is InChI=1S/C13H18F2N4.HI/c14-13(15)6-4-10(5-7-13)9-18-12(16)19-11-3-1-2-8-17-11;/h1-3,8,10H,4-7,9H2,(H3,16,17,18,19);1H. The average Bonchev–Trinajstić information content (AvgIpc) is 2.39. The van der Waals surface area contributed by atoms with Gasteiger partial charge in [0.2, 0.25) is 5.92 Å². The number of nitrogens with one attached hydrogen (secondary N) is 1. The van der Waals surface area contributed by atoms with Gasteiger partial charge in [-0.2, -0.15) is 0 Å². The summed E-state index contributed by atoms with van der Waals surface area (Å²) in [4.78, 5) is 8.25. The van der Waals surface area contributed by atoms with Crippen molar-refractivity contribution in [1.82, 2.24) is 4.98 Å². The van der Waals surface area contributed by atoms with Crippen LogP contribution in [-0.4, -0.2) is 23.4 Å². The van der Waals surface area contributed by atoms with E-state index in [-0.39, 0.29) is 48.7 Å². The third-order valence-corrected chi connectivity index (χ3v) is 3.28. The average molecular weight is 396 g/mol. The highest BCUT2D eigenvalue weighted by Crippen LogP contribution is 2.36. The van der Waals surface area contributed by atoms with Crippen LogP contribution >= 0.6 is 24.0 Å². The molecule has 0 radical (unpaired) electrons. The number of nitrogens with two attached hydrogens (primary N) is 1. The Kier molecular flexibility index (Phi) is 6.57. The summed E-state index contributed by atoms with van der Waals surface area (Å²) in [6.45, 7) is 0.488. The fourth-order valence-electron chi connectivity index (χ4n) is 2.12. The number of aliphatic imine (C=N–C) groups is 1. The molecule has 0 saturated heterocycles. The normalized spacial score (nSPS) is 19.2. The Morgan fingerprint density at radius 2 is 2.10 bits per heavy atom. The fourth-order valence-corrected chi connectivity index (χ4v) is 2.12. The summed E-state index contributed by atoms with van der Waals surface area (Å²) in [5.41, 5.74) is 5.73. The van der Waals surface area contributed by atoms with Gasteiger partial charge in [-0.3, -0.25) is 4.99 Å². The monoisotopic (exact) mass is 396 g/mol. The van der Waals surface area contributed by atoms with Gasteiger partial charge in [0, 0.05) is 25.6 Å². The van der Waals surface area contributed by atoms with Crippen molar-refractivity contribution in [3.05, 3.63) is 24.4 Å². The van der Waals surface area contributed by atoms with Gasteiger partial charge in [0.1, 0.15) is 5.82 Å². The van der Waals surface area contributed by atoms with Crippen LogP contribution in [0.25, 0.3) is 0 Å². The van der Waals surface area contributed by atoms with Crippen molar-refractivity contribution in [2.45, 2.75) is 31.6 Å². The van der Waals surface area contributed by atoms with E-state index in [1.54, 1.807) is 18.3 Å². The summed E-state index contributed by atoms with van der Waals surface area (Å²) in [5.74, 6) is -1.39. The number of alkyl halides is 2. The van der Waals surface area contributed by atoms with E-state index >= 15 is 0 Å². The van der Waals surface area contributed by atoms with Gasteiger partial charge in [-0.05, 0) is 30.9 Å². The molecule has 2 rings (SSSR count). The summed E-state index contributed by atoms with van der Waals surface area (Å²) in [6, 6.07) is 5.43. The zero-order chi connectivity index (χ0) is 13.7. The number of aromatic nitrogens is 1. The van der Waals surface area contributed by atoms with Crippen molar-refractivity contribution < 1.29 is 8.78 Å². The molecule has 0 unspecified atom stereocenters. The molecule has 1 saturated carbocycles. The van der Waals surface area contributed by atoms with Crippen LogP contribution < -0.4 is 11.1 Å². The number of hydrogen-bond donors (Lipinski definition) is 2. The van der Waals surface area contributed by atoms with E-state index in [1.165, 1.54) is 0 Å². The van der Waals surface area contributed by atoms with Gasteiger partial charge in [-0.15, -0.1) is 24.0 Å². The lowest BCUT2D eigenvalue weighted by Crippen LogP contribution is -2.28. The second-order valence-corrected chi connectivity index (χ2v) is 4.87. The van der Waals surface area contributed by atoms with Gasteiger partial charge < -0.3 is 11.1 Å². The minimum atomic E-state index is -2.49. The van der Waals surface area contributed by atoms with Gasteiger partial charge in [0.25, 0.3) is 0 Å². The highest BCUT2D eigenvalue weighted by Gasteiger charge is 2.34. The molecule has 1 aliphatic rings. The minimum Gasteiger partial charge on any atom is -0.370 e. The molecular weight excluding hydrogens is 377 g/mol. The number of nitrogens with zero attached hydrogens (tertiary/aromatic N) is 2. The Hall–Kier alpha value is -0.990. The second kappa shape index (κ2) is 7.70. The number of guanidine groups is 1. The highest BCUT2D eigenvalue weighted by atomic mass is 127. The number of anilines is 1. The maximum atomic E-state index is 13.0. The molecule has 1 aromatic heterocycles. The van der Waals surface area contributed by atoms with E-state index < -0.39 is 5.92 Å². The maximum absolute atomic E-state index is 13.0. The van der Waals surface area contributed by atoms with Crippen molar-refractivity contribution in [3.63, 3.8) is 0 Å². The topological polar surface area (TPSA) is 63.3 Å². The summed E-state index contributed by atoms with van der Waals surface area (Å²) in [5, 5.41) is 2.87. The lowest BCUT2D eigenvalue weighted by Gasteiger charge is -2.27. The predicted molar refractivity (Wildman–Crippen MR) is 86.7 cm³/mol. The van der Waals surface area contributed by atoms with Crippen LogP contribution in [0.1, 0.15) is 25.7 Å². The van der Waals surface area contributed by atoms with Crippen molar-refractivity contribution >= 4 is 35.8 Å². The molecular formula is C13H19F2IN4. The smallest absolute Gasteiger partial charge is 0.248 e. The van der Waals surface area contributed by atoms with E-state index in [0.717, 1.165) is 0 Å². The zero-order valence-electron chi connectivity index (χ0n) is 11.1. The van der Waals surface area contributed by atoms with Crippen molar-refractivity contribution in [2.24, 2.45) is 16.6 Å². The number of halogens is 3. The van der Waals surface area contributed by atoms with Gasteiger partial charge in [0.05, 0.1) is 0 Å².